The van der Waals surface area contributed by atoms with Crippen LogP contribution in [0.5, 0.6) is 11.5 Å². The van der Waals surface area contributed by atoms with Gasteiger partial charge in [0, 0.05) is 11.9 Å². The van der Waals surface area contributed by atoms with Crippen molar-refractivity contribution in [1.29, 1.82) is 0 Å². The van der Waals surface area contributed by atoms with E-state index in [1.165, 1.54) is 0 Å². The molecule has 0 bridgehead atoms. The Balaban J connectivity index is 1.65. The van der Waals surface area contributed by atoms with E-state index in [0.717, 1.165) is 28.2 Å². The smallest absolute Gasteiger partial charge is 0.144 e. The summed E-state index contributed by atoms with van der Waals surface area (Å²) in [6.45, 7) is 2.89. The highest BCUT2D eigenvalue weighted by Gasteiger charge is 2.34. The van der Waals surface area contributed by atoms with Gasteiger partial charge in [-0.1, -0.05) is 18.2 Å². The van der Waals surface area contributed by atoms with Crippen molar-refractivity contribution >= 4 is 16.7 Å². The summed E-state index contributed by atoms with van der Waals surface area (Å²) >= 11 is 0. The van der Waals surface area contributed by atoms with E-state index >= 15 is 0 Å². The number of benzene rings is 2. The number of fused-ring (bicyclic) bond motifs is 1. The molecule has 4 rings (SSSR count). The molecule has 0 radical (unpaired) electrons. The molecule has 3 aromatic rings. The number of nitrogens with zero attached hydrogens (tertiary/aromatic N) is 3. The van der Waals surface area contributed by atoms with Crippen LogP contribution in [0.1, 0.15) is 5.82 Å². The van der Waals surface area contributed by atoms with Gasteiger partial charge in [0.25, 0.3) is 0 Å². The number of aromatic nitrogens is 2. The maximum atomic E-state index is 10.5. The van der Waals surface area contributed by atoms with E-state index in [9.17, 15) is 5.11 Å². The topological polar surface area (TPSA) is 67.7 Å². The van der Waals surface area contributed by atoms with Gasteiger partial charge in [-0.3, -0.25) is 0 Å². The SMILES string of the molecule is COc1ccc2nc(C)nc(N3C[C@@H](O)[C@H](Oc4ccccc4)C3)c2c1. The average molecular weight is 351 g/mol. The minimum absolute atomic E-state index is 0.312. The number of para-hydroxylation sites is 1. The van der Waals surface area contributed by atoms with Crippen molar-refractivity contribution in [2.75, 3.05) is 25.1 Å². The summed E-state index contributed by atoms with van der Waals surface area (Å²) in [5.41, 5.74) is 0.857. The van der Waals surface area contributed by atoms with Gasteiger partial charge >= 0.3 is 0 Å². The molecule has 0 saturated carbocycles. The monoisotopic (exact) mass is 351 g/mol. The van der Waals surface area contributed by atoms with E-state index in [4.69, 9.17) is 9.47 Å². The summed E-state index contributed by atoms with van der Waals surface area (Å²) in [6, 6.07) is 15.3. The average Bonchev–Trinajstić information content (AvgIpc) is 3.02. The molecule has 6 heteroatoms. The Kier molecular flexibility index (Phi) is 4.34. The van der Waals surface area contributed by atoms with Crippen LogP contribution in [0.25, 0.3) is 10.9 Å². The van der Waals surface area contributed by atoms with Crippen molar-refractivity contribution in [3.8, 4) is 11.5 Å². The third-order valence-electron chi connectivity index (χ3n) is 4.56. The van der Waals surface area contributed by atoms with Crippen molar-refractivity contribution in [3.63, 3.8) is 0 Å². The second kappa shape index (κ2) is 6.80. The standard InChI is InChI=1S/C20H21N3O3/c1-13-21-17-9-8-15(25-2)10-16(17)20(22-13)23-11-18(24)19(12-23)26-14-6-4-3-5-7-14/h3-10,18-19,24H,11-12H2,1-2H3/t18-,19-/m1/s1. The summed E-state index contributed by atoms with van der Waals surface area (Å²) < 4.78 is 11.3. The number of aryl methyl sites for hydroxylation is 1. The first-order chi connectivity index (χ1) is 12.6. The lowest BCUT2D eigenvalue weighted by Gasteiger charge is -2.20. The highest BCUT2D eigenvalue weighted by molar-refractivity contribution is 5.91. The van der Waals surface area contributed by atoms with Crippen molar-refractivity contribution in [2.24, 2.45) is 0 Å². The van der Waals surface area contributed by atoms with E-state index in [0.29, 0.717) is 18.9 Å². The summed E-state index contributed by atoms with van der Waals surface area (Å²) in [7, 11) is 1.64. The lowest BCUT2D eigenvalue weighted by molar-refractivity contribution is 0.0738. The summed E-state index contributed by atoms with van der Waals surface area (Å²) in [5, 5.41) is 11.4. The minimum Gasteiger partial charge on any atom is -0.497 e. The highest BCUT2D eigenvalue weighted by Crippen LogP contribution is 2.30. The van der Waals surface area contributed by atoms with Crippen LogP contribution in [0.4, 0.5) is 5.82 Å². The van der Waals surface area contributed by atoms with Crippen molar-refractivity contribution in [2.45, 2.75) is 19.1 Å². The number of anilines is 1. The lowest BCUT2D eigenvalue weighted by atomic mass is 10.2. The van der Waals surface area contributed by atoms with E-state index in [-0.39, 0.29) is 6.10 Å². The quantitative estimate of drug-likeness (QED) is 0.779. The van der Waals surface area contributed by atoms with Gasteiger partial charge in [0.1, 0.15) is 35.3 Å². The number of β-amino-alcohol motifs (C(OH)–C–C–N with tert-alkyl or cyclic N) is 1. The lowest BCUT2D eigenvalue weighted by Crippen LogP contribution is -2.30. The van der Waals surface area contributed by atoms with Crippen LogP contribution in [0.2, 0.25) is 0 Å². The Labute approximate surface area is 152 Å². The van der Waals surface area contributed by atoms with E-state index in [1.54, 1.807) is 7.11 Å². The first-order valence-corrected chi connectivity index (χ1v) is 8.61. The predicted octanol–water partition coefficient (Wildman–Crippen LogP) is 2.58. The molecule has 1 saturated heterocycles. The van der Waals surface area contributed by atoms with Crippen molar-refractivity contribution in [3.05, 3.63) is 54.4 Å². The minimum atomic E-state index is -0.592. The first kappa shape index (κ1) is 16.6. The van der Waals surface area contributed by atoms with Gasteiger partial charge in [-0.15, -0.1) is 0 Å². The number of methoxy groups -OCH3 is 1. The molecule has 0 unspecified atom stereocenters. The fourth-order valence-electron chi connectivity index (χ4n) is 3.29. The number of aliphatic hydroxyl groups excluding tert-OH is 1. The molecule has 1 aromatic heterocycles. The van der Waals surface area contributed by atoms with Gasteiger partial charge in [-0.2, -0.15) is 0 Å². The second-order valence-corrected chi connectivity index (χ2v) is 6.42. The Morgan fingerprint density at radius 3 is 2.62 bits per heavy atom. The van der Waals surface area contributed by atoms with Crippen LogP contribution in [-0.2, 0) is 0 Å². The Morgan fingerprint density at radius 1 is 1.04 bits per heavy atom. The Hall–Kier alpha value is -2.86. The summed E-state index contributed by atoms with van der Waals surface area (Å²) in [5.74, 6) is 3.00. The molecule has 0 spiro atoms. The first-order valence-electron chi connectivity index (χ1n) is 8.61. The van der Waals surface area contributed by atoms with E-state index in [2.05, 4.69) is 14.9 Å². The molecule has 1 fully saturated rings. The molecule has 2 heterocycles. The van der Waals surface area contributed by atoms with Crippen LogP contribution < -0.4 is 14.4 Å². The molecule has 6 nitrogen and oxygen atoms in total. The van der Waals surface area contributed by atoms with Gasteiger partial charge in [0.05, 0.1) is 19.2 Å². The van der Waals surface area contributed by atoms with Gasteiger partial charge in [-0.25, -0.2) is 9.97 Å². The fourth-order valence-corrected chi connectivity index (χ4v) is 3.29. The molecule has 2 aromatic carbocycles. The Bertz CT molecular complexity index is 917. The molecule has 26 heavy (non-hydrogen) atoms. The number of hydrogen-bond acceptors (Lipinski definition) is 6. The molecule has 1 N–H and O–H groups in total. The molecule has 0 amide bonds. The molecule has 0 aliphatic carbocycles. The maximum Gasteiger partial charge on any atom is 0.144 e. The number of rotatable bonds is 4. The Morgan fingerprint density at radius 2 is 1.85 bits per heavy atom. The fraction of sp³-hybridized carbons (Fsp3) is 0.300. The van der Waals surface area contributed by atoms with Crippen LogP contribution >= 0.6 is 0 Å². The van der Waals surface area contributed by atoms with Crippen LogP contribution in [0.3, 0.4) is 0 Å². The molecular weight excluding hydrogens is 330 g/mol. The third kappa shape index (κ3) is 3.15. The van der Waals surface area contributed by atoms with E-state index < -0.39 is 6.10 Å². The van der Waals surface area contributed by atoms with Gasteiger partial charge in [0.2, 0.25) is 0 Å². The molecule has 2 atom stereocenters. The molecular formula is C20H21N3O3. The zero-order chi connectivity index (χ0) is 18.1. The predicted molar refractivity (Wildman–Crippen MR) is 99.9 cm³/mol. The summed E-state index contributed by atoms with van der Waals surface area (Å²) in [6.07, 6.45) is -0.903. The normalized spacial score (nSPS) is 19.7. The van der Waals surface area contributed by atoms with E-state index in [1.807, 2.05) is 55.5 Å². The summed E-state index contributed by atoms with van der Waals surface area (Å²) in [4.78, 5) is 11.2. The molecule has 1 aliphatic heterocycles. The number of hydrogen-bond donors (Lipinski definition) is 1. The van der Waals surface area contributed by atoms with Crippen molar-refractivity contribution < 1.29 is 14.6 Å². The molecule has 134 valence electrons. The second-order valence-electron chi connectivity index (χ2n) is 6.42. The zero-order valence-electron chi connectivity index (χ0n) is 14.8. The zero-order valence-corrected chi connectivity index (χ0v) is 14.8. The van der Waals surface area contributed by atoms with Crippen LogP contribution in [-0.4, -0.2) is 47.5 Å². The number of ether oxygens (including phenoxy) is 2. The molecule has 1 aliphatic rings. The van der Waals surface area contributed by atoms with Gasteiger partial charge in [-0.05, 0) is 37.3 Å². The van der Waals surface area contributed by atoms with Crippen molar-refractivity contribution in [1.82, 2.24) is 9.97 Å². The van der Waals surface area contributed by atoms with Gasteiger partial charge < -0.3 is 19.5 Å². The highest BCUT2D eigenvalue weighted by atomic mass is 16.5. The third-order valence-corrected chi connectivity index (χ3v) is 4.56. The largest absolute Gasteiger partial charge is 0.497 e. The van der Waals surface area contributed by atoms with Crippen LogP contribution in [0.15, 0.2) is 48.5 Å². The van der Waals surface area contributed by atoms with Crippen LogP contribution in [0, 0.1) is 6.92 Å². The maximum absolute atomic E-state index is 10.5. The number of aliphatic hydroxyl groups is 1. The van der Waals surface area contributed by atoms with Gasteiger partial charge in [0.15, 0.2) is 0 Å².